The topological polar surface area (TPSA) is 33.1 Å². The molecule has 2 nitrogen and oxygen atoms in total. The van der Waals surface area contributed by atoms with E-state index in [-0.39, 0.29) is 10.8 Å². The van der Waals surface area contributed by atoms with Crippen molar-refractivity contribution in [3.8, 4) is 5.75 Å². The van der Waals surface area contributed by atoms with Crippen LogP contribution in [-0.4, -0.2) is 10.1 Å². The van der Waals surface area contributed by atoms with Crippen molar-refractivity contribution < 1.29 is 5.11 Å². The highest BCUT2D eigenvalue weighted by atomic mass is 127. The predicted molar refractivity (Wildman–Crippen MR) is 102 cm³/mol. The van der Waals surface area contributed by atoms with Crippen LogP contribution >= 0.6 is 45.8 Å². The van der Waals surface area contributed by atoms with Crippen LogP contribution in [0.2, 0.25) is 10.0 Å². The van der Waals surface area contributed by atoms with E-state index in [1.165, 1.54) is 6.07 Å². The Morgan fingerprint density at radius 3 is 2.55 bits per heavy atom. The van der Waals surface area contributed by atoms with Gasteiger partial charge >= 0.3 is 0 Å². The predicted octanol–water partition coefficient (Wildman–Crippen LogP) is 6.02. The molecule has 0 unspecified atom stereocenters. The first kappa shape index (κ1) is 15.6. The second kappa shape index (κ2) is 6.44. The lowest BCUT2D eigenvalue weighted by molar-refractivity contribution is 0.480. The summed E-state index contributed by atoms with van der Waals surface area (Å²) in [6.45, 7) is 0. The fourth-order valence-corrected chi connectivity index (χ4v) is 3.18. The second-order valence-electron chi connectivity index (χ2n) is 4.68. The van der Waals surface area contributed by atoms with Crippen molar-refractivity contribution in [3.05, 3.63) is 67.3 Å². The number of hydrogen-bond donors (Lipinski definition) is 1. The van der Waals surface area contributed by atoms with Crippen molar-refractivity contribution in [3.63, 3.8) is 0 Å². The molecule has 3 aromatic rings. The molecule has 22 heavy (non-hydrogen) atoms. The number of pyridine rings is 1. The molecule has 5 heteroatoms. The Balaban J connectivity index is 2.06. The van der Waals surface area contributed by atoms with Gasteiger partial charge in [-0.15, -0.1) is 0 Å². The first-order valence-corrected chi connectivity index (χ1v) is 8.30. The lowest BCUT2D eigenvalue weighted by Gasteiger charge is -2.05. The van der Waals surface area contributed by atoms with E-state index in [4.69, 9.17) is 23.2 Å². The zero-order valence-corrected chi connectivity index (χ0v) is 14.9. The molecule has 2 aromatic carbocycles. The summed E-state index contributed by atoms with van der Waals surface area (Å²) in [5.74, 6) is -0.0504. The summed E-state index contributed by atoms with van der Waals surface area (Å²) in [5, 5.41) is 11.4. The van der Waals surface area contributed by atoms with Gasteiger partial charge in [0, 0.05) is 8.96 Å². The quantitative estimate of drug-likeness (QED) is 0.493. The van der Waals surface area contributed by atoms with E-state index in [9.17, 15) is 5.11 Å². The maximum Gasteiger partial charge on any atom is 0.160 e. The van der Waals surface area contributed by atoms with E-state index in [1.54, 1.807) is 0 Å². The number of phenols is 1. The van der Waals surface area contributed by atoms with E-state index >= 15 is 0 Å². The third-order valence-corrected chi connectivity index (χ3v) is 4.80. The molecule has 0 radical (unpaired) electrons. The molecule has 3 rings (SSSR count). The molecule has 1 N–H and O–H groups in total. The summed E-state index contributed by atoms with van der Waals surface area (Å²) in [6, 6.07) is 13.3. The summed E-state index contributed by atoms with van der Waals surface area (Å²) >= 11 is 14.4. The standard InChI is InChI=1S/C17H10Cl2INO/c18-13-9-14(19)17(22)16-12(13)8-7-11(21-16)6-5-10-3-1-2-4-15(10)20/h1-9,22H/b6-5+. The lowest BCUT2D eigenvalue weighted by Crippen LogP contribution is -1.86. The summed E-state index contributed by atoms with van der Waals surface area (Å²) < 4.78 is 1.16. The Morgan fingerprint density at radius 2 is 1.77 bits per heavy atom. The van der Waals surface area contributed by atoms with Gasteiger partial charge in [-0.2, -0.15) is 0 Å². The lowest BCUT2D eigenvalue weighted by atomic mass is 10.1. The number of fused-ring (bicyclic) bond motifs is 1. The van der Waals surface area contributed by atoms with Crippen LogP contribution in [0, 0.1) is 3.57 Å². The zero-order chi connectivity index (χ0) is 15.7. The summed E-state index contributed by atoms with van der Waals surface area (Å²) in [7, 11) is 0. The van der Waals surface area contributed by atoms with Gasteiger partial charge in [-0.3, -0.25) is 0 Å². The number of benzene rings is 2. The van der Waals surface area contributed by atoms with Crippen molar-refractivity contribution in [1.82, 2.24) is 4.98 Å². The van der Waals surface area contributed by atoms with Crippen LogP contribution in [0.5, 0.6) is 5.75 Å². The Kier molecular flexibility index (Phi) is 4.57. The molecule has 0 aliphatic rings. The highest BCUT2D eigenvalue weighted by molar-refractivity contribution is 14.1. The molecule has 1 aromatic heterocycles. The minimum absolute atomic E-state index is 0.0504. The van der Waals surface area contributed by atoms with Gasteiger partial charge in [0.15, 0.2) is 5.75 Å². The van der Waals surface area contributed by atoms with Crippen LogP contribution in [0.3, 0.4) is 0 Å². The average Bonchev–Trinajstić information content (AvgIpc) is 2.52. The Labute approximate surface area is 151 Å². The van der Waals surface area contributed by atoms with E-state index in [0.29, 0.717) is 15.9 Å². The zero-order valence-electron chi connectivity index (χ0n) is 11.2. The minimum atomic E-state index is -0.0504. The number of rotatable bonds is 2. The third kappa shape index (κ3) is 3.07. The molecule has 0 amide bonds. The molecule has 0 spiro atoms. The van der Waals surface area contributed by atoms with Crippen molar-refractivity contribution in [2.75, 3.05) is 0 Å². The van der Waals surface area contributed by atoms with Gasteiger partial charge < -0.3 is 5.11 Å². The number of aromatic nitrogens is 1. The van der Waals surface area contributed by atoms with E-state index in [0.717, 1.165) is 14.8 Å². The normalized spacial score (nSPS) is 11.4. The maximum atomic E-state index is 10.1. The number of hydrogen-bond acceptors (Lipinski definition) is 2. The van der Waals surface area contributed by atoms with Gasteiger partial charge in [0.2, 0.25) is 0 Å². The molecule has 0 saturated carbocycles. The molecule has 0 aliphatic heterocycles. The molecule has 0 saturated heterocycles. The van der Waals surface area contributed by atoms with Crippen LogP contribution in [-0.2, 0) is 0 Å². The van der Waals surface area contributed by atoms with Gasteiger partial charge in [-0.1, -0.05) is 47.5 Å². The summed E-state index contributed by atoms with van der Waals surface area (Å²) in [6.07, 6.45) is 3.88. The van der Waals surface area contributed by atoms with Crippen LogP contribution in [0.1, 0.15) is 11.3 Å². The largest absolute Gasteiger partial charge is 0.504 e. The van der Waals surface area contributed by atoms with Gasteiger partial charge in [-0.05, 0) is 58.5 Å². The molecular formula is C17H10Cl2INO. The highest BCUT2D eigenvalue weighted by Crippen LogP contribution is 2.36. The van der Waals surface area contributed by atoms with E-state index < -0.39 is 0 Å². The SMILES string of the molecule is Oc1c(Cl)cc(Cl)c2ccc(/C=C/c3ccccc3I)nc12. The summed E-state index contributed by atoms with van der Waals surface area (Å²) in [5.41, 5.74) is 2.24. The number of halogens is 3. The van der Waals surface area contributed by atoms with Gasteiger partial charge in [-0.25, -0.2) is 4.98 Å². The second-order valence-corrected chi connectivity index (χ2v) is 6.65. The van der Waals surface area contributed by atoms with Crippen LogP contribution in [0.25, 0.3) is 23.1 Å². The number of phenolic OH excluding ortho intramolecular Hbond substituents is 1. The molecule has 1 heterocycles. The van der Waals surface area contributed by atoms with Crippen molar-refractivity contribution >= 4 is 68.8 Å². The molecular weight excluding hydrogens is 432 g/mol. The molecule has 110 valence electrons. The van der Waals surface area contributed by atoms with Crippen molar-refractivity contribution in [2.24, 2.45) is 0 Å². The third-order valence-electron chi connectivity index (χ3n) is 3.22. The van der Waals surface area contributed by atoms with E-state index in [1.807, 2.05) is 48.6 Å². The van der Waals surface area contributed by atoms with Gasteiger partial charge in [0.1, 0.15) is 5.52 Å². The fourth-order valence-electron chi connectivity index (χ4n) is 2.10. The molecule has 0 fully saturated rings. The number of aromatic hydroxyl groups is 1. The highest BCUT2D eigenvalue weighted by Gasteiger charge is 2.10. The maximum absolute atomic E-state index is 10.1. The molecule has 0 aliphatic carbocycles. The average molecular weight is 442 g/mol. The van der Waals surface area contributed by atoms with Crippen molar-refractivity contribution in [2.45, 2.75) is 0 Å². The number of nitrogens with zero attached hydrogens (tertiary/aromatic N) is 1. The Bertz CT molecular complexity index is 893. The van der Waals surface area contributed by atoms with Crippen molar-refractivity contribution in [1.29, 1.82) is 0 Å². The monoisotopic (exact) mass is 441 g/mol. The first-order valence-electron chi connectivity index (χ1n) is 6.46. The first-order chi connectivity index (χ1) is 10.6. The van der Waals surface area contributed by atoms with Gasteiger partial charge in [0.25, 0.3) is 0 Å². The van der Waals surface area contributed by atoms with E-state index in [2.05, 4.69) is 27.6 Å². The van der Waals surface area contributed by atoms with Crippen LogP contribution < -0.4 is 0 Å². The van der Waals surface area contributed by atoms with Crippen LogP contribution in [0.4, 0.5) is 0 Å². The van der Waals surface area contributed by atoms with Crippen LogP contribution in [0.15, 0.2) is 42.5 Å². The molecule has 0 atom stereocenters. The summed E-state index contributed by atoms with van der Waals surface area (Å²) in [4.78, 5) is 4.43. The minimum Gasteiger partial charge on any atom is -0.504 e. The Morgan fingerprint density at radius 1 is 1.00 bits per heavy atom. The van der Waals surface area contributed by atoms with Gasteiger partial charge in [0.05, 0.1) is 15.7 Å². The Hall–Kier alpha value is -1.30. The fraction of sp³-hybridized carbons (Fsp3) is 0. The molecule has 0 bridgehead atoms. The smallest absolute Gasteiger partial charge is 0.160 e.